The van der Waals surface area contributed by atoms with Crippen LogP contribution in [-0.4, -0.2) is 33.8 Å². The molecule has 1 aliphatic heterocycles. The molecule has 0 spiro atoms. The second kappa shape index (κ2) is 6.86. The Bertz CT molecular complexity index is 643. The molecule has 1 aromatic carbocycles. The van der Waals surface area contributed by atoms with Gasteiger partial charge in [0.25, 0.3) is 5.69 Å². The number of ether oxygens (including phenoxy) is 1. The Labute approximate surface area is 131 Å². The third-order valence-electron chi connectivity index (χ3n) is 3.37. The van der Waals surface area contributed by atoms with Crippen LogP contribution >= 0.6 is 0 Å². The van der Waals surface area contributed by atoms with Crippen molar-refractivity contribution in [1.82, 2.24) is 10.2 Å². The standard InChI is InChI=1S/C14H16N4O5/c1-2-3-11-12(19)16-13(15)17(11)14(20)23-8-9-4-6-10(7-5-9)18(21)22/h4-7,11H,2-3,8H2,1H3,(H2,15,16,19)/t11-/m0/s1. The first-order chi connectivity index (χ1) is 10.9. The number of carbonyl (C=O) groups is 2. The number of non-ortho nitro benzene ring substituents is 1. The van der Waals surface area contributed by atoms with E-state index in [1.165, 1.54) is 24.3 Å². The molecule has 122 valence electrons. The van der Waals surface area contributed by atoms with Crippen LogP contribution in [0.15, 0.2) is 24.3 Å². The largest absolute Gasteiger partial charge is 0.444 e. The zero-order chi connectivity index (χ0) is 17.0. The van der Waals surface area contributed by atoms with Gasteiger partial charge < -0.3 is 4.74 Å². The molecule has 0 unspecified atom stereocenters. The minimum Gasteiger partial charge on any atom is -0.444 e. The first-order valence-corrected chi connectivity index (χ1v) is 7.02. The van der Waals surface area contributed by atoms with Crippen molar-refractivity contribution in [2.75, 3.05) is 0 Å². The van der Waals surface area contributed by atoms with Crippen LogP contribution in [0.3, 0.4) is 0 Å². The van der Waals surface area contributed by atoms with Gasteiger partial charge in [-0.05, 0) is 24.1 Å². The summed E-state index contributed by atoms with van der Waals surface area (Å²) in [4.78, 5) is 34.8. The molecular weight excluding hydrogens is 304 g/mol. The van der Waals surface area contributed by atoms with Crippen LogP contribution < -0.4 is 5.32 Å². The van der Waals surface area contributed by atoms with E-state index >= 15 is 0 Å². The normalized spacial score (nSPS) is 17.1. The van der Waals surface area contributed by atoms with E-state index in [9.17, 15) is 19.7 Å². The zero-order valence-corrected chi connectivity index (χ0v) is 12.4. The highest BCUT2D eigenvalue weighted by Crippen LogP contribution is 2.17. The summed E-state index contributed by atoms with van der Waals surface area (Å²) in [5.41, 5.74) is 0.514. The quantitative estimate of drug-likeness (QED) is 0.631. The van der Waals surface area contributed by atoms with Crippen LogP contribution in [0.5, 0.6) is 0 Å². The number of benzene rings is 1. The predicted octanol–water partition coefficient (Wildman–Crippen LogP) is 1.77. The minimum atomic E-state index is -0.801. The molecular formula is C14H16N4O5. The summed E-state index contributed by atoms with van der Waals surface area (Å²) < 4.78 is 5.09. The van der Waals surface area contributed by atoms with Crippen molar-refractivity contribution >= 4 is 23.6 Å². The molecule has 1 heterocycles. The summed E-state index contributed by atoms with van der Waals surface area (Å²) >= 11 is 0. The Hall–Kier alpha value is -2.97. The van der Waals surface area contributed by atoms with Gasteiger partial charge in [-0.1, -0.05) is 13.3 Å². The fraction of sp³-hybridized carbons (Fsp3) is 0.357. The fourth-order valence-corrected chi connectivity index (χ4v) is 2.21. The van der Waals surface area contributed by atoms with E-state index in [2.05, 4.69) is 5.32 Å². The number of nitrogens with zero attached hydrogens (tertiary/aromatic N) is 2. The second-order valence-electron chi connectivity index (χ2n) is 4.99. The minimum absolute atomic E-state index is 0.0563. The average molecular weight is 320 g/mol. The Balaban J connectivity index is 1.99. The van der Waals surface area contributed by atoms with Crippen molar-refractivity contribution in [3.05, 3.63) is 39.9 Å². The maximum atomic E-state index is 12.1. The molecule has 23 heavy (non-hydrogen) atoms. The van der Waals surface area contributed by atoms with Gasteiger partial charge in [0.1, 0.15) is 12.6 Å². The molecule has 0 aliphatic carbocycles. The molecule has 0 aromatic heterocycles. The monoisotopic (exact) mass is 320 g/mol. The van der Waals surface area contributed by atoms with Crippen molar-refractivity contribution in [2.24, 2.45) is 0 Å². The van der Waals surface area contributed by atoms with Crippen molar-refractivity contribution in [3.8, 4) is 0 Å². The number of rotatable bonds is 5. The number of nitro benzene ring substituents is 1. The highest BCUT2D eigenvalue weighted by molar-refractivity contribution is 6.11. The lowest BCUT2D eigenvalue weighted by atomic mass is 10.1. The summed E-state index contributed by atoms with van der Waals surface area (Å²) in [6.45, 7) is 1.77. The molecule has 1 aliphatic rings. The Morgan fingerprint density at radius 3 is 2.65 bits per heavy atom. The molecule has 9 nitrogen and oxygen atoms in total. The van der Waals surface area contributed by atoms with E-state index < -0.39 is 23.0 Å². The second-order valence-corrected chi connectivity index (χ2v) is 4.99. The molecule has 2 amide bonds. The molecule has 2 rings (SSSR count). The van der Waals surface area contributed by atoms with Crippen LogP contribution in [0, 0.1) is 15.5 Å². The third kappa shape index (κ3) is 3.62. The van der Waals surface area contributed by atoms with Gasteiger partial charge in [0.05, 0.1) is 4.92 Å². The number of amides is 2. The Morgan fingerprint density at radius 2 is 2.09 bits per heavy atom. The van der Waals surface area contributed by atoms with Gasteiger partial charge in [0.2, 0.25) is 11.9 Å². The molecule has 1 atom stereocenters. The molecule has 9 heteroatoms. The van der Waals surface area contributed by atoms with Crippen molar-refractivity contribution in [2.45, 2.75) is 32.4 Å². The Kier molecular flexibility index (Phi) is 4.89. The van der Waals surface area contributed by atoms with E-state index in [-0.39, 0.29) is 18.3 Å². The number of guanidine groups is 1. The number of nitrogens with one attached hydrogen (secondary N) is 2. The van der Waals surface area contributed by atoms with Crippen LogP contribution in [0.1, 0.15) is 25.3 Å². The molecule has 1 fully saturated rings. The van der Waals surface area contributed by atoms with E-state index in [1.54, 1.807) is 0 Å². The summed E-state index contributed by atoms with van der Waals surface area (Å²) in [5.74, 6) is -0.703. The van der Waals surface area contributed by atoms with Crippen LogP contribution in [0.25, 0.3) is 0 Å². The molecule has 1 aromatic rings. The van der Waals surface area contributed by atoms with Gasteiger partial charge in [0.15, 0.2) is 0 Å². The molecule has 0 bridgehead atoms. The van der Waals surface area contributed by atoms with Crippen molar-refractivity contribution in [1.29, 1.82) is 5.41 Å². The smallest absolute Gasteiger partial charge is 0.417 e. The maximum absolute atomic E-state index is 12.1. The predicted molar refractivity (Wildman–Crippen MR) is 79.7 cm³/mol. The Morgan fingerprint density at radius 1 is 1.43 bits per heavy atom. The lowest BCUT2D eigenvalue weighted by Crippen LogP contribution is -2.40. The van der Waals surface area contributed by atoms with Gasteiger partial charge >= 0.3 is 6.09 Å². The zero-order valence-electron chi connectivity index (χ0n) is 12.4. The highest BCUT2D eigenvalue weighted by atomic mass is 16.6. The van der Waals surface area contributed by atoms with Gasteiger partial charge in [-0.15, -0.1) is 0 Å². The lowest BCUT2D eigenvalue weighted by Gasteiger charge is -2.20. The maximum Gasteiger partial charge on any atom is 0.417 e. The van der Waals surface area contributed by atoms with E-state index in [4.69, 9.17) is 10.1 Å². The SMILES string of the molecule is CCC[C@H]1C(=O)NC(=N)N1C(=O)OCc1ccc([N+](=O)[O-])cc1. The highest BCUT2D eigenvalue weighted by Gasteiger charge is 2.40. The summed E-state index contributed by atoms with van der Waals surface area (Å²) in [6.07, 6.45) is 0.309. The number of hydrogen-bond acceptors (Lipinski definition) is 6. The third-order valence-corrected chi connectivity index (χ3v) is 3.37. The topological polar surface area (TPSA) is 126 Å². The van der Waals surface area contributed by atoms with Crippen LogP contribution in [0.2, 0.25) is 0 Å². The van der Waals surface area contributed by atoms with Gasteiger partial charge in [-0.3, -0.25) is 25.6 Å². The van der Waals surface area contributed by atoms with E-state index in [0.29, 0.717) is 18.4 Å². The molecule has 0 saturated carbocycles. The van der Waals surface area contributed by atoms with Gasteiger partial charge in [-0.2, -0.15) is 0 Å². The fourth-order valence-electron chi connectivity index (χ4n) is 2.21. The molecule has 0 radical (unpaired) electrons. The summed E-state index contributed by atoms with van der Waals surface area (Å²) in [6, 6.07) is 4.84. The lowest BCUT2D eigenvalue weighted by molar-refractivity contribution is -0.384. The van der Waals surface area contributed by atoms with Crippen LogP contribution in [0.4, 0.5) is 10.5 Å². The van der Waals surface area contributed by atoms with Gasteiger partial charge in [0, 0.05) is 12.1 Å². The molecule has 1 saturated heterocycles. The number of carbonyl (C=O) groups excluding carboxylic acids is 2. The number of hydrogen-bond donors (Lipinski definition) is 2. The first kappa shape index (κ1) is 16.4. The van der Waals surface area contributed by atoms with Gasteiger partial charge in [-0.25, -0.2) is 9.69 Å². The van der Waals surface area contributed by atoms with Crippen molar-refractivity contribution in [3.63, 3.8) is 0 Å². The first-order valence-electron chi connectivity index (χ1n) is 7.02. The van der Waals surface area contributed by atoms with E-state index in [1.807, 2.05) is 6.92 Å². The summed E-state index contributed by atoms with van der Waals surface area (Å²) in [5, 5.41) is 20.5. The number of nitro groups is 1. The average Bonchev–Trinajstić information content (AvgIpc) is 2.80. The van der Waals surface area contributed by atoms with Crippen molar-refractivity contribution < 1.29 is 19.2 Å². The molecule has 2 N–H and O–H groups in total. The van der Waals surface area contributed by atoms with E-state index in [0.717, 1.165) is 4.90 Å². The van der Waals surface area contributed by atoms with Crippen LogP contribution in [-0.2, 0) is 16.1 Å². The summed E-state index contributed by atoms with van der Waals surface area (Å²) in [7, 11) is 0.